The summed E-state index contributed by atoms with van der Waals surface area (Å²) in [5.41, 5.74) is 3.59. The van der Waals surface area contributed by atoms with Crippen molar-refractivity contribution >= 4 is 5.78 Å². The molecule has 0 radical (unpaired) electrons. The summed E-state index contributed by atoms with van der Waals surface area (Å²) < 4.78 is 13.2. The molecule has 102 valence electrons. The molecular formula is C15H14N2O3. The highest BCUT2D eigenvalue weighted by atomic mass is 16.7. The first-order valence-corrected chi connectivity index (χ1v) is 6.63. The van der Waals surface area contributed by atoms with Crippen molar-refractivity contribution in [3.05, 3.63) is 41.7 Å². The summed E-state index contributed by atoms with van der Waals surface area (Å²) >= 11 is 0. The highest BCUT2D eigenvalue weighted by Gasteiger charge is 2.48. The molecule has 1 spiro atoms. The van der Waals surface area contributed by atoms with Crippen molar-refractivity contribution in [3.8, 4) is 11.1 Å². The molecule has 4 rings (SSSR count). The lowest BCUT2D eigenvalue weighted by Crippen LogP contribution is -2.24. The van der Waals surface area contributed by atoms with Gasteiger partial charge in [-0.05, 0) is 11.6 Å². The van der Waals surface area contributed by atoms with Crippen LogP contribution < -0.4 is 0 Å². The number of ether oxygens (including phenoxy) is 2. The molecule has 0 N–H and O–H groups in total. The largest absolute Gasteiger partial charge is 0.343 e. The second-order valence-electron chi connectivity index (χ2n) is 5.21. The third-order valence-electron chi connectivity index (χ3n) is 3.92. The fraction of sp³-hybridized carbons (Fsp3) is 0.333. The fourth-order valence-electron chi connectivity index (χ4n) is 2.97. The summed E-state index contributed by atoms with van der Waals surface area (Å²) in [4.78, 5) is 12.1. The van der Waals surface area contributed by atoms with E-state index in [1.807, 2.05) is 37.6 Å². The summed E-state index contributed by atoms with van der Waals surface area (Å²) in [6.07, 6.45) is 4.03. The predicted molar refractivity (Wildman–Crippen MR) is 71.2 cm³/mol. The molecule has 1 saturated heterocycles. The third-order valence-corrected chi connectivity index (χ3v) is 3.92. The van der Waals surface area contributed by atoms with E-state index in [-0.39, 0.29) is 12.2 Å². The van der Waals surface area contributed by atoms with Gasteiger partial charge in [0, 0.05) is 29.9 Å². The minimum atomic E-state index is -0.857. The smallest absolute Gasteiger partial charge is 0.203 e. The first kappa shape index (κ1) is 11.8. The Morgan fingerprint density at radius 1 is 1.25 bits per heavy atom. The Bertz CT molecular complexity index is 699. The average molecular weight is 270 g/mol. The van der Waals surface area contributed by atoms with Gasteiger partial charge in [0.15, 0.2) is 5.78 Å². The molecule has 2 aliphatic rings. The van der Waals surface area contributed by atoms with Crippen LogP contribution >= 0.6 is 0 Å². The fourth-order valence-corrected chi connectivity index (χ4v) is 2.97. The number of aromatic nitrogens is 2. The normalized spacial score (nSPS) is 19.8. The van der Waals surface area contributed by atoms with Gasteiger partial charge in [0.05, 0.1) is 25.8 Å². The quantitative estimate of drug-likeness (QED) is 0.794. The van der Waals surface area contributed by atoms with Crippen LogP contribution in [0.3, 0.4) is 0 Å². The van der Waals surface area contributed by atoms with E-state index < -0.39 is 5.79 Å². The average Bonchev–Trinajstić information content (AvgIpc) is 3.13. The van der Waals surface area contributed by atoms with Gasteiger partial charge in [0.25, 0.3) is 0 Å². The first-order valence-electron chi connectivity index (χ1n) is 6.63. The summed E-state index contributed by atoms with van der Waals surface area (Å²) in [5.74, 6) is -0.774. The van der Waals surface area contributed by atoms with Gasteiger partial charge < -0.3 is 9.47 Å². The van der Waals surface area contributed by atoms with Crippen molar-refractivity contribution in [3.63, 3.8) is 0 Å². The Balaban J connectivity index is 1.85. The van der Waals surface area contributed by atoms with Gasteiger partial charge in [-0.1, -0.05) is 12.1 Å². The molecule has 1 fully saturated rings. The molecule has 20 heavy (non-hydrogen) atoms. The predicted octanol–water partition coefficient (Wildman–Crippen LogP) is 1.87. The number of Topliss-reactive ketones (excluding diaryl/α,β-unsaturated/α-hetero) is 1. The molecule has 5 nitrogen and oxygen atoms in total. The van der Waals surface area contributed by atoms with Crippen LogP contribution in [0.25, 0.3) is 11.1 Å². The molecule has 2 aromatic rings. The zero-order valence-corrected chi connectivity index (χ0v) is 11.1. The molecule has 0 atom stereocenters. The van der Waals surface area contributed by atoms with E-state index in [0.29, 0.717) is 18.8 Å². The van der Waals surface area contributed by atoms with Gasteiger partial charge in [-0.2, -0.15) is 5.10 Å². The van der Waals surface area contributed by atoms with Crippen molar-refractivity contribution in [1.29, 1.82) is 0 Å². The van der Waals surface area contributed by atoms with Crippen LogP contribution in [0.2, 0.25) is 0 Å². The summed E-state index contributed by atoms with van der Waals surface area (Å²) in [5, 5.41) is 4.18. The number of nitrogens with zero attached hydrogens (tertiary/aromatic N) is 2. The highest BCUT2D eigenvalue weighted by Crippen LogP contribution is 2.44. The number of ketones is 1. The van der Waals surface area contributed by atoms with Gasteiger partial charge in [-0.3, -0.25) is 9.48 Å². The Morgan fingerprint density at radius 2 is 2.05 bits per heavy atom. The van der Waals surface area contributed by atoms with Crippen molar-refractivity contribution in [1.82, 2.24) is 9.78 Å². The summed E-state index contributed by atoms with van der Waals surface area (Å²) in [6.45, 7) is 1.06. The first-order chi connectivity index (χ1) is 9.68. The van der Waals surface area contributed by atoms with Gasteiger partial charge in [0.2, 0.25) is 5.79 Å². The molecule has 0 bridgehead atoms. The lowest BCUT2D eigenvalue weighted by atomic mass is 10.0. The number of fused-ring (bicyclic) bond motifs is 2. The maximum atomic E-state index is 12.1. The SMILES string of the molecule is Cn1cc(-c2ccc3c(c2)C2(CC3=O)OCCO2)cn1. The molecule has 0 saturated carbocycles. The topological polar surface area (TPSA) is 53.4 Å². The molecule has 0 unspecified atom stereocenters. The van der Waals surface area contributed by atoms with Crippen LogP contribution in [-0.4, -0.2) is 28.8 Å². The number of benzene rings is 1. The van der Waals surface area contributed by atoms with Crippen LogP contribution in [0.1, 0.15) is 22.3 Å². The lowest BCUT2D eigenvalue weighted by Gasteiger charge is -2.22. The number of hydrogen-bond donors (Lipinski definition) is 0. The van der Waals surface area contributed by atoms with E-state index in [1.165, 1.54) is 0 Å². The molecule has 2 heterocycles. The number of carbonyl (C=O) groups is 1. The van der Waals surface area contributed by atoms with Gasteiger partial charge >= 0.3 is 0 Å². The Hall–Kier alpha value is -1.98. The zero-order chi connectivity index (χ0) is 13.7. The minimum absolute atomic E-state index is 0.0830. The van der Waals surface area contributed by atoms with E-state index >= 15 is 0 Å². The van der Waals surface area contributed by atoms with Crippen molar-refractivity contribution in [2.45, 2.75) is 12.2 Å². The van der Waals surface area contributed by atoms with E-state index in [9.17, 15) is 4.79 Å². The molecule has 1 aromatic carbocycles. The molecule has 1 aliphatic carbocycles. The minimum Gasteiger partial charge on any atom is -0.343 e. The number of hydrogen-bond acceptors (Lipinski definition) is 4. The maximum Gasteiger partial charge on any atom is 0.203 e. The van der Waals surface area contributed by atoms with Crippen molar-refractivity contribution < 1.29 is 14.3 Å². The monoisotopic (exact) mass is 270 g/mol. The van der Waals surface area contributed by atoms with Crippen LogP contribution in [0.4, 0.5) is 0 Å². The van der Waals surface area contributed by atoms with Crippen LogP contribution in [0.5, 0.6) is 0 Å². The number of carbonyl (C=O) groups excluding carboxylic acids is 1. The van der Waals surface area contributed by atoms with Crippen LogP contribution in [-0.2, 0) is 22.3 Å². The lowest BCUT2D eigenvalue weighted by molar-refractivity contribution is -0.157. The van der Waals surface area contributed by atoms with Gasteiger partial charge in [-0.25, -0.2) is 0 Å². The van der Waals surface area contributed by atoms with E-state index in [0.717, 1.165) is 16.7 Å². The highest BCUT2D eigenvalue weighted by molar-refractivity contribution is 6.02. The Morgan fingerprint density at radius 3 is 2.75 bits per heavy atom. The molecule has 1 aromatic heterocycles. The van der Waals surface area contributed by atoms with Gasteiger partial charge in [-0.15, -0.1) is 0 Å². The van der Waals surface area contributed by atoms with E-state index in [1.54, 1.807) is 4.68 Å². The second kappa shape index (κ2) is 4.01. The number of rotatable bonds is 1. The van der Waals surface area contributed by atoms with Crippen molar-refractivity contribution in [2.75, 3.05) is 13.2 Å². The van der Waals surface area contributed by atoms with Crippen LogP contribution in [0, 0.1) is 0 Å². The van der Waals surface area contributed by atoms with Crippen molar-refractivity contribution in [2.24, 2.45) is 7.05 Å². The maximum absolute atomic E-state index is 12.1. The summed E-state index contributed by atoms with van der Waals surface area (Å²) in [7, 11) is 1.88. The Kier molecular flexibility index (Phi) is 2.37. The number of aryl methyl sites for hydroxylation is 1. The second-order valence-corrected chi connectivity index (χ2v) is 5.21. The molecule has 1 aliphatic heterocycles. The third kappa shape index (κ3) is 1.57. The molecule has 5 heteroatoms. The van der Waals surface area contributed by atoms with Crippen LogP contribution in [0.15, 0.2) is 30.6 Å². The summed E-state index contributed by atoms with van der Waals surface area (Å²) in [6, 6.07) is 5.80. The molecular weight excluding hydrogens is 256 g/mol. The Labute approximate surface area is 116 Å². The van der Waals surface area contributed by atoms with E-state index in [2.05, 4.69) is 5.10 Å². The van der Waals surface area contributed by atoms with Gasteiger partial charge in [0.1, 0.15) is 0 Å². The standard InChI is InChI=1S/C15H14N2O3/c1-17-9-11(8-16-17)10-2-3-12-13(6-10)15(7-14(12)18)19-4-5-20-15/h2-3,6,8-9H,4-5,7H2,1H3. The zero-order valence-electron chi connectivity index (χ0n) is 11.1. The molecule has 0 amide bonds. The van der Waals surface area contributed by atoms with E-state index in [4.69, 9.17) is 9.47 Å².